The van der Waals surface area contributed by atoms with E-state index in [1.165, 1.54) is 17.5 Å². The molecule has 2 aliphatic carbocycles. The number of benzene rings is 2. The van der Waals surface area contributed by atoms with Gasteiger partial charge in [-0.2, -0.15) is 0 Å². The number of carbonyl (C=O) groups excluding carboxylic acids is 1. The first-order valence-corrected chi connectivity index (χ1v) is 8.71. The summed E-state index contributed by atoms with van der Waals surface area (Å²) in [6.45, 7) is 2.05. The lowest BCUT2D eigenvalue weighted by Crippen LogP contribution is -2.38. The zero-order valence-corrected chi connectivity index (χ0v) is 13.7. The van der Waals surface area contributed by atoms with Gasteiger partial charge in [0.05, 0.1) is 6.04 Å². The third kappa shape index (κ3) is 2.78. The molecule has 4 rings (SSSR count). The molecule has 1 amide bonds. The lowest BCUT2D eigenvalue weighted by atomic mass is 9.86. The molecule has 0 spiro atoms. The summed E-state index contributed by atoms with van der Waals surface area (Å²) in [6, 6.07) is 17.4. The Morgan fingerprint density at radius 3 is 2.65 bits per heavy atom. The van der Waals surface area contributed by atoms with Crippen LogP contribution in [0.25, 0.3) is 0 Å². The third-order valence-corrected chi connectivity index (χ3v) is 5.11. The van der Waals surface area contributed by atoms with Gasteiger partial charge in [0.15, 0.2) is 0 Å². The van der Waals surface area contributed by atoms with Crippen molar-refractivity contribution >= 4 is 5.91 Å². The molecule has 23 heavy (non-hydrogen) atoms. The average molecular weight is 305 g/mol. The highest BCUT2D eigenvalue weighted by Crippen LogP contribution is 2.41. The number of hydrogen-bond donors (Lipinski definition) is 0. The fourth-order valence-electron chi connectivity index (χ4n) is 3.86. The van der Waals surface area contributed by atoms with Crippen LogP contribution in [-0.2, 0) is 6.42 Å². The summed E-state index contributed by atoms with van der Waals surface area (Å²) in [6.07, 6.45) is 5.70. The molecule has 2 nitrogen and oxygen atoms in total. The van der Waals surface area contributed by atoms with Gasteiger partial charge in [-0.05, 0) is 62.3 Å². The minimum atomic E-state index is 0.206. The molecule has 2 aromatic rings. The molecule has 0 saturated heterocycles. The van der Waals surface area contributed by atoms with E-state index in [9.17, 15) is 4.79 Å². The second kappa shape index (κ2) is 5.84. The van der Waals surface area contributed by atoms with Crippen LogP contribution >= 0.6 is 0 Å². The standard InChI is InChI=1S/C21H23NO/c1-15-6-4-9-17(14-15)21(23)22(18-12-13-18)20-11-5-8-16-7-2-3-10-19(16)20/h2-4,6-7,9-10,14,18,20H,5,8,11-13H2,1H3. The second-order valence-corrected chi connectivity index (χ2v) is 6.92. The molecule has 0 aromatic heterocycles. The van der Waals surface area contributed by atoms with Gasteiger partial charge in [0.25, 0.3) is 5.91 Å². The predicted octanol–water partition coefficient (Wildman–Crippen LogP) is 4.68. The number of rotatable bonds is 3. The number of hydrogen-bond acceptors (Lipinski definition) is 1. The summed E-state index contributed by atoms with van der Waals surface area (Å²) >= 11 is 0. The summed E-state index contributed by atoms with van der Waals surface area (Å²) in [4.78, 5) is 15.4. The third-order valence-electron chi connectivity index (χ3n) is 5.11. The van der Waals surface area contributed by atoms with Crippen molar-refractivity contribution < 1.29 is 4.79 Å². The van der Waals surface area contributed by atoms with E-state index in [1.807, 2.05) is 31.2 Å². The minimum absolute atomic E-state index is 0.206. The predicted molar refractivity (Wildman–Crippen MR) is 92.5 cm³/mol. The van der Waals surface area contributed by atoms with Crippen molar-refractivity contribution in [2.45, 2.75) is 51.1 Å². The lowest BCUT2D eigenvalue weighted by molar-refractivity contribution is 0.0638. The average Bonchev–Trinajstić information content (AvgIpc) is 3.40. The highest BCUT2D eigenvalue weighted by molar-refractivity contribution is 5.95. The molecule has 0 bridgehead atoms. The molecule has 1 fully saturated rings. The summed E-state index contributed by atoms with van der Waals surface area (Å²) in [5.41, 5.74) is 4.77. The maximum absolute atomic E-state index is 13.2. The van der Waals surface area contributed by atoms with Gasteiger partial charge >= 0.3 is 0 Å². The Kier molecular flexibility index (Phi) is 3.68. The van der Waals surface area contributed by atoms with Gasteiger partial charge in [-0.15, -0.1) is 0 Å². The largest absolute Gasteiger partial charge is 0.329 e. The summed E-state index contributed by atoms with van der Waals surface area (Å²) in [7, 11) is 0. The highest BCUT2D eigenvalue weighted by Gasteiger charge is 2.39. The van der Waals surface area contributed by atoms with Crippen LogP contribution in [0.5, 0.6) is 0 Å². The Morgan fingerprint density at radius 2 is 1.87 bits per heavy atom. The summed E-state index contributed by atoms with van der Waals surface area (Å²) in [5.74, 6) is 0.206. The number of fused-ring (bicyclic) bond motifs is 1. The number of carbonyl (C=O) groups is 1. The van der Waals surface area contributed by atoms with Crippen LogP contribution in [0.2, 0.25) is 0 Å². The molecule has 2 aromatic carbocycles. The monoisotopic (exact) mass is 305 g/mol. The van der Waals surface area contributed by atoms with Gasteiger partial charge in [-0.3, -0.25) is 4.79 Å². The van der Waals surface area contributed by atoms with Gasteiger partial charge in [0, 0.05) is 11.6 Å². The van der Waals surface area contributed by atoms with E-state index < -0.39 is 0 Å². The van der Waals surface area contributed by atoms with Crippen molar-refractivity contribution in [2.75, 3.05) is 0 Å². The van der Waals surface area contributed by atoms with Crippen LogP contribution in [0.4, 0.5) is 0 Å². The van der Waals surface area contributed by atoms with Gasteiger partial charge in [0.1, 0.15) is 0 Å². The molecule has 2 aliphatic rings. The second-order valence-electron chi connectivity index (χ2n) is 6.92. The molecule has 1 unspecified atom stereocenters. The first kappa shape index (κ1) is 14.5. The van der Waals surface area contributed by atoms with E-state index in [4.69, 9.17) is 0 Å². The van der Waals surface area contributed by atoms with Crippen molar-refractivity contribution in [2.24, 2.45) is 0 Å². The Bertz CT molecular complexity index is 732. The highest BCUT2D eigenvalue weighted by atomic mass is 16.2. The molecule has 2 heteroatoms. The van der Waals surface area contributed by atoms with Crippen LogP contribution < -0.4 is 0 Å². The van der Waals surface area contributed by atoms with E-state index in [0.717, 1.165) is 36.8 Å². The zero-order chi connectivity index (χ0) is 15.8. The van der Waals surface area contributed by atoms with Gasteiger partial charge in [-0.25, -0.2) is 0 Å². The van der Waals surface area contributed by atoms with Crippen molar-refractivity contribution in [1.82, 2.24) is 4.90 Å². The molecule has 0 aliphatic heterocycles. The lowest BCUT2D eigenvalue weighted by Gasteiger charge is -2.36. The van der Waals surface area contributed by atoms with Crippen molar-refractivity contribution in [1.29, 1.82) is 0 Å². The van der Waals surface area contributed by atoms with E-state index in [2.05, 4.69) is 29.2 Å². The first-order chi connectivity index (χ1) is 11.2. The van der Waals surface area contributed by atoms with Crippen molar-refractivity contribution in [3.8, 4) is 0 Å². The van der Waals surface area contributed by atoms with Crippen LogP contribution in [0.15, 0.2) is 48.5 Å². The Labute approximate surface area is 138 Å². The fraction of sp³-hybridized carbons (Fsp3) is 0.381. The molecule has 1 saturated carbocycles. The van der Waals surface area contributed by atoms with Gasteiger partial charge < -0.3 is 4.90 Å². The smallest absolute Gasteiger partial charge is 0.254 e. The maximum atomic E-state index is 13.2. The van der Waals surface area contributed by atoms with E-state index in [-0.39, 0.29) is 11.9 Å². The number of nitrogens with zero attached hydrogens (tertiary/aromatic N) is 1. The molecule has 118 valence electrons. The summed E-state index contributed by atoms with van der Waals surface area (Å²) < 4.78 is 0. The quantitative estimate of drug-likeness (QED) is 0.806. The number of aryl methyl sites for hydroxylation is 2. The zero-order valence-electron chi connectivity index (χ0n) is 13.7. The Hall–Kier alpha value is -2.09. The fourth-order valence-corrected chi connectivity index (χ4v) is 3.86. The SMILES string of the molecule is Cc1cccc(C(=O)N(C2CC2)C2CCCc3ccccc32)c1. The molecule has 0 radical (unpaired) electrons. The van der Waals surface area contributed by atoms with Crippen molar-refractivity contribution in [3.05, 3.63) is 70.8 Å². The molecular formula is C21H23NO. The van der Waals surface area contributed by atoms with Crippen LogP contribution in [0, 0.1) is 6.92 Å². The number of amides is 1. The van der Waals surface area contributed by atoms with E-state index in [1.54, 1.807) is 0 Å². The van der Waals surface area contributed by atoms with Gasteiger partial charge in [0.2, 0.25) is 0 Å². The molecular weight excluding hydrogens is 282 g/mol. The molecule has 0 heterocycles. The first-order valence-electron chi connectivity index (χ1n) is 8.71. The van der Waals surface area contributed by atoms with Crippen LogP contribution in [-0.4, -0.2) is 16.8 Å². The summed E-state index contributed by atoms with van der Waals surface area (Å²) in [5, 5.41) is 0. The van der Waals surface area contributed by atoms with Gasteiger partial charge in [-0.1, -0.05) is 42.0 Å². The van der Waals surface area contributed by atoms with Crippen LogP contribution in [0.1, 0.15) is 58.8 Å². The molecule has 1 atom stereocenters. The minimum Gasteiger partial charge on any atom is -0.329 e. The Balaban J connectivity index is 1.71. The van der Waals surface area contributed by atoms with Crippen LogP contribution in [0.3, 0.4) is 0 Å². The van der Waals surface area contributed by atoms with E-state index in [0.29, 0.717) is 6.04 Å². The molecule has 0 N–H and O–H groups in total. The topological polar surface area (TPSA) is 20.3 Å². The normalized spacial score (nSPS) is 20.0. The van der Waals surface area contributed by atoms with Crippen molar-refractivity contribution in [3.63, 3.8) is 0 Å². The maximum Gasteiger partial charge on any atom is 0.254 e. The Morgan fingerprint density at radius 1 is 1.04 bits per heavy atom. The van der Waals surface area contributed by atoms with E-state index >= 15 is 0 Å².